The average Bonchev–Trinajstić information content (AvgIpc) is 3.73. The third kappa shape index (κ3) is 7.94. The van der Waals surface area contributed by atoms with Gasteiger partial charge in [-0.2, -0.15) is 10.3 Å². The summed E-state index contributed by atoms with van der Waals surface area (Å²) in [5, 5.41) is 18.6. The molecule has 2 fully saturated rings. The van der Waals surface area contributed by atoms with Crippen LogP contribution in [0.5, 0.6) is 0 Å². The molecule has 0 radical (unpaired) electrons. The number of piperazine rings is 1. The van der Waals surface area contributed by atoms with Gasteiger partial charge in [0.25, 0.3) is 0 Å². The minimum Gasteiger partial charge on any atom is -0.444 e. The van der Waals surface area contributed by atoms with Crippen molar-refractivity contribution in [1.82, 2.24) is 30.1 Å². The number of nitrogens with one attached hydrogen (secondary N) is 2. The molecule has 15 heteroatoms. The van der Waals surface area contributed by atoms with Crippen LogP contribution in [0.1, 0.15) is 22.3 Å². The summed E-state index contributed by atoms with van der Waals surface area (Å²) in [6.45, 7) is 0.109. The van der Waals surface area contributed by atoms with Crippen molar-refractivity contribution in [1.29, 1.82) is 5.26 Å². The molecule has 5 aromatic rings. The Morgan fingerprint density at radius 3 is 2.39 bits per heavy atom. The van der Waals surface area contributed by atoms with E-state index in [4.69, 9.17) is 10.5 Å². The lowest BCUT2D eigenvalue weighted by Crippen LogP contribution is -2.66. The van der Waals surface area contributed by atoms with Gasteiger partial charge in [0.15, 0.2) is 5.13 Å². The highest BCUT2D eigenvalue weighted by Crippen LogP contribution is 2.32. The predicted octanol–water partition coefficient (Wildman–Crippen LogP) is 4.70. The number of carbonyl (C=O) groups excluding carboxylic acids is 4. The summed E-state index contributed by atoms with van der Waals surface area (Å²) < 4.78 is 6.22. The summed E-state index contributed by atoms with van der Waals surface area (Å²) in [6.07, 6.45) is -1.19. The molecule has 2 aliphatic rings. The summed E-state index contributed by atoms with van der Waals surface area (Å²) in [4.78, 5) is 62.0. The van der Waals surface area contributed by atoms with E-state index in [2.05, 4.69) is 21.7 Å². The van der Waals surface area contributed by atoms with Crippen LogP contribution in [0.3, 0.4) is 0 Å². The van der Waals surface area contributed by atoms with Crippen molar-refractivity contribution >= 4 is 56.3 Å². The maximum atomic E-state index is 14.4. The number of fused-ring (bicyclic) bond motifs is 2. The van der Waals surface area contributed by atoms with Crippen LogP contribution in [0.25, 0.3) is 10.2 Å². The summed E-state index contributed by atoms with van der Waals surface area (Å²) in [7, 11) is 0. The van der Waals surface area contributed by atoms with Gasteiger partial charge in [0.2, 0.25) is 11.8 Å². The lowest BCUT2D eigenvalue weighted by molar-refractivity contribution is -0.157. The Hall–Kier alpha value is -6.50. The van der Waals surface area contributed by atoms with Gasteiger partial charge in [-0.25, -0.2) is 19.6 Å². The van der Waals surface area contributed by atoms with Crippen LogP contribution in [-0.4, -0.2) is 80.6 Å². The lowest BCUT2D eigenvalue weighted by Gasteiger charge is -2.46. The van der Waals surface area contributed by atoms with Gasteiger partial charge >= 0.3 is 12.1 Å². The number of nitrogens with two attached hydrogens (primary N) is 1. The standard InChI is InChI=1S/C39H37N9O5S/c40-18-19-46(38(51)42-21-27-8-3-1-4-9-27)47-24-34(49)48-31(20-26-14-16-30(17-15-26)43-39(52)53-25-28-10-5-2-6-11-28)36(50)45(23-33(47)48)22-29-12-7-13-32-35(29)44-37(41)54-32/h1-17,31,33H,19-25H2,(H2,41,44)(H,42,51)(H,43,52)/t31-,33+/m0/s1. The molecular weight excluding hydrogens is 707 g/mol. The lowest BCUT2D eigenvalue weighted by atomic mass is 9.99. The SMILES string of the molecule is N#CCN(C(=O)NCc1ccccc1)N1CC(=O)N2[C@@H](Cc3ccc(NC(=O)OCc4ccccc4)cc3)C(=O)N(Cc3cccc4sc(N)nc34)C[C@@H]21. The second kappa shape index (κ2) is 16.0. The number of nitrogens with zero attached hydrogens (tertiary/aromatic N) is 6. The van der Waals surface area contributed by atoms with Crippen LogP contribution < -0.4 is 16.4 Å². The smallest absolute Gasteiger partial charge is 0.411 e. The molecule has 2 saturated heterocycles. The molecule has 0 unspecified atom stereocenters. The number of benzene rings is 4. The number of aromatic nitrogens is 1. The van der Waals surface area contributed by atoms with Crippen molar-refractivity contribution in [2.75, 3.05) is 30.7 Å². The summed E-state index contributed by atoms with van der Waals surface area (Å²) in [5.74, 6) is -0.612. The first kappa shape index (κ1) is 35.9. The molecule has 2 atom stereocenters. The highest BCUT2D eigenvalue weighted by atomic mass is 32.1. The Kier molecular flexibility index (Phi) is 10.7. The first-order valence-corrected chi connectivity index (χ1v) is 18.1. The maximum Gasteiger partial charge on any atom is 0.411 e. The number of amides is 5. The van der Waals surface area contributed by atoms with Crippen LogP contribution in [0, 0.1) is 11.3 Å². The van der Waals surface area contributed by atoms with Gasteiger partial charge in [-0.3, -0.25) is 14.9 Å². The first-order chi connectivity index (χ1) is 26.3. The number of nitrogen functional groups attached to an aromatic ring is 1. The molecule has 2 aliphatic heterocycles. The van der Waals surface area contributed by atoms with Gasteiger partial charge in [0.05, 0.1) is 29.4 Å². The number of nitriles is 1. The number of hydrazine groups is 1. The van der Waals surface area contributed by atoms with Gasteiger partial charge in [-0.05, 0) is 40.5 Å². The van der Waals surface area contributed by atoms with Crippen LogP contribution in [0.15, 0.2) is 103 Å². The number of urea groups is 1. The van der Waals surface area contributed by atoms with E-state index in [1.165, 1.54) is 21.2 Å². The highest BCUT2D eigenvalue weighted by Gasteiger charge is 2.52. The molecule has 4 aromatic carbocycles. The largest absolute Gasteiger partial charge is 0.444 e. The van der Waals surface area contributed by atoms with E-state index < -0.39 is 24.3 Å². The second-order valence-corrected chi connectivity index (χ2v) is 13.9. The van der Waals surface area contributed by atoms with Gasteiger partial charge in [-0.1, -0.05) is 96.3 Å². The van der Waals surface area contributed by atoms with E-state index in [1.54, 1.807) is 34.2 Å². The van der Waals surface area contributed by atoms with Crippen molar-refractivity contribution in [3.05, 3.63) is 125 Å². The molecule has 1 aromatic heterocycles. The van der Waals surface area contributed by atoms with E-state index in [0.717, 1.165) is 27.0 Å². The molecule has 14 nitrogen and oxygen atoms in total. The molecule has 5 amide bonds. The van der Waals surface area contributed by atoms with E-state index in [-0.39, 0.29) is 57.6 Å². The van der Waals surface area contributed by atoms with Crippen LogP contribution in [0.2, 0.25) is 0 Å². The quantitative estimate of drug-likeness (QED) is 0.162. The minimum absolute atomic E-state index is 0.0823. The summed E-state index contributed by atoms with van der Waals surface area (Å²) >= 11 is 1.36. The molecule has 4 N–H and O–H groups in total. The summed E-state index contributed by atoms with van der Waals surface area (Å²) in [6, 6.07) is 32.0. The average molecular weight is 744 g/mol. The molecule has 0 bridgehead atoms. The Labute approximate surface area is 315 Å². The molecule has 0 spiro atoms. The van der Waals surface area contributed by atoms with E-state index in [1.807, 2.05) is 78.9 Å². The molecule has 7 rings (SSSR count). The van der Waals surface area contributed by atoms with Crippen molar-refractivity contribution in [3.63, 3.8) is 0 Å². The number of para-hydroxylation sites is 1. The fourth-order valence-corrected chi connectivity index (χ4v) is 7.56. The van der Waals surface area contributed by atoms with E-state index in [0.29, 0.717) is 16.3 Å². The number of carbonyl (C=O) groups is 4. The van der Waals surface area contributed by atoms with Gasteiger partial charge in [0, 0.05) is 25.2 Å². The first-order valence-electron chi connectivity index (χ1n) is 17.3. The third-order valence-corrected chi connectivity index (χ3v) is 10.2. The number of ether oxygens (including phenoxy) is 1. The second-order valence-electron chi connectivity index (χ2n) is 12.9. The van der Waals surface area contributed by atoms with Crippen molar-refractivity contribution in [2.24, 2.45) is 0 Å². The van der Waals surface area contributed by atoms with Crippen LogP contribution in [-0.2, 0) is 40.4 Å². The Morgan fingerprint density at radius 2 is 1.67 bits per heavy atom. The molecule has 0 saturated carbocycles. The van der Waals surface area contributed by atoms with Gasteiger partial charge < -0.3 is 25.6 Å². The van der Waals surface area contributed by atoms with Crippen molar-refractivity contribution in [3.8, 4) is 6.07 Å². The molecule has 3 heterocycles. The highest BCUT2D eigenvalue weighted by molar-refractivity contribution is 7.22. The number of anilines is 2. The van der Waals surface area contributed by atoms with E-state index >= 15 is 0 Å². The van der Waals surface area contributed by atoms with Crippen molar-refractivity contribution in [2.45, 2.75) is 38.3 Å². The molecule has 54 heavy (non-hydrogen) atoms. The Bertz CT molecular complexity index is 2190. The minimum atomic E-state index is -0.924. The number of hydrogen-bond donors (Lipinski definition) is 3. The predicted molar refractivity (Wildman–Crippen MR) is 202 cm³/mol. The van der Waals surface area contributed by atoms with Gasteiger partial charge in [0.1, 0.15) is 25.4 Å². The van der Waals surface area contributed by atoms with Crippen LogP contribution >= 0.6 is 11.3 Å². The Morgan fingerprint density at radius 1 is 0.944 bits per heavy atom. The number of rotatable bonds is 11. The zero-order valence-electron chi connectivity index (χ0n) is 29.1. The van der Waals surface area contributed by atoms with Crippen molar-refractivity contribution < 1.29 is 23.9 Å². The van der Waals surface area contributed by atoms with E-state index in [9.17, 15) is 24.4 Å². The molecular formula is C39H37N9O5S. The normalized spacial score (nSPS) is 16.9. The maximum absolute atomic E-state index is 14.4. The molecule has 0 aliphatic carbocycles. The number of hydrogen-bond acceptors (Lipinski definition) is 10. The summed E-state index contributed by atoms with van der Waals surface area (Å²) in [5.41, 5.74) is 10.5. The monoisotopic (exact) mass is 743 g/mol. The topological polar surface area (TPSA) is 177 Å². The van der Waals surface area contributed by atoms with Crippen LogP contribution in [0.4, 0.5) is 20.4 Å². The zero-order valence-corrected chi connectivity index (χ0v) is 29.9. The third-order valence-electron chi connectivity index (χ3n) is 9.34. The number of thiazole rings is 1. The fraction of sp³-hybridized carbons (Fsp3) is 0.231. The Balaban J connectivity index is 1.12. The molecule has 274 valence electrons. The fourth-order valence-electron chi connectivity index (χ4n) is 6.78. The zero-order chi connectivity index (χ0) is 37.6. The van der Waals surface area contributed by atoms with Gasteiger partial charge in [-0.15, -0.1) is 0 Å².